The van der Waals surface area contributed by atoms with Crippen LogP contribution in [0, 0.1) is 0 Å². The maximum Gasteiger partial charge on any atom is 0.430 e. The highest BCUT2D eigenvalue weighted by atomic mass is 16.6. The molecule has 0 radical (unpaired) electrons. The fourth-order valence-electron chi connectivity index (χ4n) is 3.44. The summed E-state index contributed by atoms with van der Waals surface area (Å²) in [5, 5.41) is 31.9. The summed E-state index contributed by atoms with van der Waals surface area (Å²) < 4.78 is 10.9. The van der Waals surface area contributed by atoms with Gasteiger partial charge in [-0.25, -0.2) is 4.79 Å². The van der Waals surface area contributed by atoms with Gasteiger partial charge in [0.15, 0.2) is 0 Å². The normalized spacial score (nSPS) is 18.8. The fraction of sp³-hybridized carbons (Fsp3) is 0.471. The number of primary amides is 1. The van der Waals surface area contributed by atoms with Crippen molar-refractivity contribution in [3.05, 3.63) is 23.3 Å². The standard InChI is InChI=1S/C17H23BN3O8/c1-20-11(6-13(19)22)16(23)21-7-10(8-21)28-12-3-2-9-4-5-18(26,27)29-15(9)14(12)17(24)25/h2-3,10-11,20,26-27H,4-8H2,1H3,(H2,19,22)(H,24,25)/q-1. The fourth-order valence-corrected chi connectivity index (χ4v) is 3.44. The van der Waals surface area contributed by atoms with Gasteiger partial charge in [-0.2, -0.15) is 0 Å². The number of hydrogen-bond acceptors (Lipinski definition) is 8. The van der Waals surface area contributed by atoms with Crippen molar-refractivity contribution >= 4 is 24.5 Å². The first-order valence-corrected chi connectivity index (χ1v) is 9.20. The molecule has 2 heterocycles. The molecule has 0 aliphatic carbocycles. The molecule has 1 saturated heterocycles. The van der Waals surface area contributed by atoms with Gasteiger partial charge in [0.25, 0.3) is 0 Å². The molecule has 0 bridgehead atoms. The monoisotopic (exact) mass is 408 g/mol. The van der Waals surface area contributed by atoms with Crippen molar-refractivity contribution in [1.29, 1.82) is 0 Å². The number of aryl methyl sites for hydroxylation is 1. The third-order valence-electron chi connectivity index (χ3n) is 5.02. The van der Waals surface area contributed by atoms with Gasteiger partial charge in [0.05, 0.1) is 31.3 Å². The predicted octanol–water partition coefficient (Wildman–Crippen LogP) is -1.70. The Hall–Kier alpha value is -2.83. The zero-order valence-corrected chi connectivity index (χ0v) is 15.8. The van der Waals surface area contributed by atoms with E-state index in [1.165, 1.54) is 11.0 Å². The number of carbonyl (C=O) groups is 3. The van der Waals surface area contributed by atoms with Gasteiger partial charge in [-0.05, 0) is 25.1 Å². The number of hydrogen-bond donors (Lipinski definition) is 5. The van der Waals surface area contributed by atoms with E-state index >= 15 is 0 Å². The minimum atomic E-state index is -3.12. The van der Waals surface area contributed by atoms with Crippen molar-refractivity contribution in [3.8, 4) is 11.5 Å². The Labute approximate surface area is 166 Å². The van der Waals surface area contributed by atoms with Crippen LogP contribution < -0.4 is 20.4 Å². The first kappa shape index (κ1) is 20.9. The van der Waals surface area contributed by atoms with Crippen LogP contribution in [0.4, 0.5) is 0 Å². The topological polar surface area (TPSA) is 172 Å². The molecule has 1 atom stereocenters. The molecule has 0 aromatic heterocycles. The largest absolute Gasteiger partial charge is 0.669 e. The Morgan fingerprint density at radius 2 is 2.07 bits per heavy atom. The number of likely N-dealkylation sites (N-methyl/N-ethyl adjacent to an activating group) is 1. The van der Waals surface area contributed by atoms with Crippen LogP contribution in [0.2, 0.25) is 6.32 Å². The van der Waals surface area contributed by atoms with E-state index in [1.54, 1.807) is 13.1 Å². The SMILES string of the molecule is CNC(CC(N)=O)C(=O)N1CC(Oc2ccc3c(c2C(=O)O)O[B-](O)(O)CC3)C1. The lowest BCUT2D eigenvalue weighted by atomic mass is 9.70. The number of ether oxygens (including phenoxy) is 1. The predicted molar refractivity (Wildman–Crippen MR) is 100 cm³/mol. The number of nitrogens with zero attached hydrogens (tertiary/aromatic N) is 1. The average Bonchev–Trinajstić information content (AvgIpc) is 2.60. The molecule has 1 fully saturated rings. The van der Waals surface area contributed by atoms with Gasteiger partial charge in [0.2, 0.25) is 11.8 Å². The van der Waals surface area contributed by atoms with E-state index in [1.807, 2.05) is 0 Å². The van der Waals surface area contributed by atoms with Crippen molar-refractivity contribution < 1.29 is 38.9 Å². The second-order valence-corrected chi connectivity index (χ2v) is 7.24. The molecular formula is C17H23BN3O8-. The van der Waals surface area contributed by atoms with Crippen LogP contribution in [0.1, 0.15) is 22.3 Å². The molecule has 3 rings (SSSR count). The van der Waals surface area contributed by atoms with Gasteiger partial charge >= 0.3 is 12.7 Å². The van der Waals surface area contributed by atoms with E-state index in [0.717, 1.165) is 0 Å². The summed E-state index contributed by atoms with van der Waals surface area (Å²) in [5.41, 5.74) is 5.40. The van der Waals surface area contributed by atoms with E-state index in [-0.39, 0.29) is 55.2 Å². The number of nitrogens with one attached hydrogen (secondary N) is 1. The van der Waals surface area contributed by atoms with Gasteiger partial charge in [-0.15, -0.1) is 0 Å². The van der Waals surface area contributed by atoms with Gasteiger partial charge in [-0.3, -0.25) is 9.59 Å². The average molecular weight is 408 g/mol. The van der Waals surface area contributed by atoms with E-state index in [9.17, 15) is 29.5 Å². The maximum atomic E-state index is 12.4. The number of amides is 2. The molecule has 12 heteroatoms. The van der Waals surface area contributed by atoms with Crippen molar-refractivity contribution in [3.63, 3.8) is 0 Å². The second-order valence-electron chi connectivity index (χ2n) is 7.24. The highest BCUT2D eigenvalue weighted by Crippen LogP contribution is 2.38. The van der Waals surface area contributed by atoms with Gasteiger partial charge < -0.3 is 40.5 Å². The Kier molecular flexibility index (Phi) is 5.69. The smallest absolute Gasteiger partial charge is 0.430 e. The van der Waals surface area contributed by atoms with Crippen LogP contribution in [0.25, 0.3) is 0 Å². The van der Waals surface area contributed by atoms with E-state index in [0.29, 0.717) is 5.56 Å². The van der Waals surface area contributed by atoms with E-state index in [2.05, 4.69) is 5.32 Å². The van der Waals surface area contributed by atoms with E-state index in [4.69, 9.17) is 15.1 Å². The summed E-state index contributed by atoms with van der Waals surface area (Å²) in [6, 6.07) is 2.38. The van der Waals surface area contributed by atoms with Crippen molar-refractivity contribution in [2.45, 2.75) is 31.3 Å². The zero-order valence-electron chi connectivity index (χ0n) is 15.8. The number of carboxylic acids is 1. The van der Waals surface area contributed by atoms with Crippen LogP contribution in [0.3, 0.4) is 0 Å². The number of aromatic carboxylic acids is 1. The third kappa shape index (κ3) is 4.44. The highest BCUT2D eigenvalue weighted by molar-refractivity contribution is 6.59. The molecule has 0 saturated carbocycles. The zero-order chi connectivity index (χ0) is 21.3. The first-order valence-electron chi connectivity index (χ1n) is 9.20. The molecule has 1 unspecified atom stereocenters. The van der Waals surface area contributed by atoms with Crippen molar-refractivity contribution in [2.75, 3.05) is 20.1 Å². The second kappa shape index (κ2) is 7.89. The van der Waals surface area contributed by atoms with Gasteiger partial charge in [0, 0.05) is 0 Å². The van der Waals surface area contributed by atoms with Crippen LogP contribution >= 0.6 is 0 Å². The molecule has 2 amide bonds. The molecular weight excluding hydrogens is 385 g/mol. The molecule has 1 aromatic carbocycles. The first-order chi connectivity index (χ1) is 13.6. The summed E-state index contributed by atoms with van der Waals surface area (Å²) in [6.07, 6.45) is -0.346. The van der Waals surface area contributed by atoms with Crippen LogP contribution in [-0.2, 0) is 16.0 Å². The van der Waals surface area contributed by atoms with Gasteiger partial charge in [-0.1, -0.05) is 12.4 Å². The molecule has 1 aromatic rings. The molecule has 2 aliphatic heterocycles. The van der Waals surface area contributed by atoms with Crippen LogP contribution in [0.5, 0.6) is 11.5 Å². The molecule has 29 heavy (non-hydrogen) atoms. The maximum absolute atomic E-state index is 12.4. The van der Waals surface area contributed by atoms with Crippen molar-refractivity contribution in [2.24, 2.45) is 5.73 Å². The third-order valence-corrected chi connectivity index (χ3v) is 5.02. The van der Waals surface area contributed by atoms with Crippen LogP contribution in [0.15, 0.2) is 12.1 Å². The number of likely N-dealkylation sites (tertiary alicyclic amines) is 1. The molecule has 6 N–H and O–H groups in total. The minimum absolute atomic E-state index is 0.0177. The quantitative estimate of drug-likeness (QED) is 0.330. The highest BCUT2D eigenvalue weighted by Gasteiger charge is 2.38. The number of carboxylic acid groups (broad SMARTS) is 1. The number of benzene rings is 1. The Balaban J connectivity index is 1.70. The summed E-state index contributed by atoms with van der Waals surface area (Å²) in [4.78, 5) is 36.7. The number of rotatable bonds is 7. The molecule has 2 aliphatic rings. The van der Waals surface area contributed by atoms with E-state index < -0.39 is 30.8 Å². The Morgan fingerprint density at radius 1 is 1.38 bits per heavy atom. The lowest BCUT2D eigenvalue weighted by Gasteiger charge is -2.41. The Bertz CT molecular complexity index is 840. The lowest BCUT2D eigenvalue weighted by molar-refractivity contribution is -0.143. The lowest BCUT2D eigenvalue weighted by Crippen LogP contribution is -2.60. The van der Waals surface area contributed by atoms with Crippen molar-refractivity contribution in [1.82, 2.24) is 10.2 Å². The van der Waals surface area contributed by atoms with Crippen LogP contribution in [-0.4, -0.2) is 76.9 Å². The summed E-state index contributed by atoms with van der Waals surface area (Å²) >= 11 is 0. The Morgan fingerprint density at radius 3 is 2.66 bits per heavy atom. The molecule has 11 nitrogen and oxygen atoms in total. The minimum Gasteiger partial charge on any atom is -0.669 e. The molecule has 0 spiro atoms. The van der Waals surface area contributed by atoms with Gasteiger partial charge in [0.1, 0.15) is 17.4 Å². The summed E-state index contributed by atoms with van der Waals surface area (Å²) in [7, 11) is 1.55. The summed E-state index contributed by atoms with van der Waals surface area (Å²) in [6.45, 7) is -2.70. The molecule has 158 valence electrons. The number of carbonyl (C=O) groups excluding carboxylic acids is 2. The number of fused-ring (bicyclic) bond motifs is 1. The number of nitrogens with two attached hydrogens (primary N) is 1. The summed E-state index contributed by atoms with van der Waals surface area (Å²) in [5.74, 6) is -2.32.